The molecular weight excluding hydrogens is 358 g/mol. The number of carbonyl (C=O) groups is 1. The summed E-state index contributed by atoms with van der Waals surface area (Å²) in [4.78, 5) is 11.7. The van der Waals surface area contributed by atoms with E-state index in [2.05, 4.69) is 11.9 Å². The van der Waals surface area contributed by atoms with Crippen LogP contribution in [0.1, 0.15) is 15.9 Å². The number of fused-ring (bicyclic) bond motifs is 1. The molecule has 136 valence electrons. The van der Waals surface area contributed by atoms with Crippen LogP contribution in [0.5, 0.6) is 11.5 Å². The van der Waals surface area contributed by atoms with Crippen LogP contribution < -0.4 is 14.8 Å². The van der Waals surface area contributed by atoms with E-state index in [0.29, 0.717) is 30.3 Å². The molecule has 0 aromatic heterocycles. The summed E-state index contributed by atoms with van der Waals surface area (Å²) in [6.07, 6.45) is 2.65. The maximum Gasteiger partial charge on any atom is 0.337 e. The molecule has 0 spiro atoms. The average molecular weight is 375 g/mol. The first-order chi connectivity index (χ1) is 12.3. The van der Waals surface area contributed by atoms with Gasteiger partial charge in [-0.05, 0) is 17.7 Å². The molecule has 0 saturated heterocycles. The fourth-order valence-electron chi connectivity index (χ4n) is 2.61. The molecule has 0 saturated carbocycles. The number of hydrogen-bond donors (Lipinski definition) is 2. The average Bonchev–Trinajstić information content (AvgIpc) is 2.59. The highest BCUT2D eigenvalue weighted by Crippen LogP contribution is 2.38. The molecule has 7 nitrogen and oxygen atoms in total. The largest absolute Gasteiger partial charge is 0.486 e. The van der Waals surface area contributed by atoms with E-state index in [0.717, 1.165) is 6.26 Å². The summed E-state index contributed by atoms with van der Waals surface area (Å²) in [6.45, 7) is 4.34. The van der Waals surface area contributed by atoms with Crippen LogP contribution in [-0.2, 0) is 9.84 Å². The predicted molar refractivity (Wildman–Crippen MR) is 97.3 cm³/mol. The van der Waals surface area contributed by atoms with Crippen molar-refractivity contribution in [3.63, 3.8) is 0 Å². The van der Waals surface area contributed by atoms with Crippen molar-refractivity contribution in [1.82, 2.24) is 0 Å². The molecule has 0 radical (unpaired) electrons. The van der Waals surface area contributed by atoms with Gasteiger partial charge in [0.25, 0.3) is 0 Å². The fourth-order valence-corrected chi connectivity index (χ4v) is 3.43. The summed E-state index contributed by atoms with van der Waals surface area (Å²) >= 11 is 0. The molecule has 0 amide bonds. The van der Waals surface area contributed by atoms with Gasteiger partial charge >= 0.3 is 5.97 Å². The SMILES string of the molecule is C=Cc1ccc(S(C)(=O)=O)c(Nc2cc3c(cc2C(=O)O)OCCO3)c1. The molecule has 0 bridgehead atoms. The zero-order valence-corrected chi connectivity index (χ0v) is 14.8. The Morgan fingerprint density at radius 1 is 1.15 bits per heavy atom. The zero-order valence-electron chi connectivity index (χ0n) is 14.0. The third-order valence-corrected chi connectivity index (χ3v) is 4.98. The minimum atomic E-state index is -3.53. The van der Waals surface area contributed by atoms with Gasteiger partial charge in [-0.15, -0.1) is 0 Å². The third kappa shape index (κ3) is 3.50. The number of carboxylic acid groups (broad SMARTS) is 1. The predicted octanol–water partition coefficient (Wildman–Crippen LogP) is 2.95. The number of ether oxygens (including phenoxy) is 2. The van der Waals surface area contributed by atoms with E-state index < -0.39 is 15.8 Å². The van der Waals surface area contributed by atoms with E-state index in [-0.39, 0.29) is 21.8 Å². The van der Waals surface area contributed by atoms with Gasteiger partial charge in [-0.3, -0.25) is 0 Å². The first kappa shape index (κ1) is 17.8. The number of rotatable bonds is 5. The van der Waals surface area contributed by atoms with Gasteiger partial charge in [0.1, 0.15) is 13.2 Å². The Hall–Kier alpha value is -3.00. The highest BCUT2D eigenvalue weighted by atomic mass is 32.2. The van der Waals surface area contributed by atoms with Crippen LogP contribution in [0.15, 0.2) is 41.8 Å². The van der Waals surface area contributed by atoms with Gasteiger partial charge in [-0.2, -0.15) is 0 Å². The van der Waals surface area contributed by atoms with Crippen LogP contribution in [0.3, 0.4) is 0 Å². The van der Waals surface area contributed by atoms with Gasteiger partial charge in [-0.1, -0.05) is 18.7 Å². The number of aromatic carboxylic acids is 1. The molecule has 0 unspecified atom stereocenters. The normalized spacial score (nSPS) is 13.1. The Bertz CT molecular complexity index is 997. The summed E-state index contributed by atoms with van der Waals surface area (Å²) in [6, 6.07) is 7.51. The lowest BCUT2D eigenvalue weighted by Gasteiger charge is -2.21. The second kappa shape index (κ2) is 6.72. The number of sulfone groups is 1. The van der Waals surface area contributed by atoms with Crippen molar-refractivity contribution in [2.75, 3.05) is 24.8 Å². The van der Waals surface area contributed by atoms with Gasteiger partial charge < -0.3 is 19.9 Å². The lowest BCUT2D eigenvalue weighted by molar-refractivity contribution is 0.0697. The molecule has 2 aromatic carbocycles. The van der Waals surface area contributed by atoms with E-state index >= 15 is 0 Å². The first-order valence-electron chi connectivity index (χ1n) is 7.70. The van der Waals surface area contributed by atoms with E-state index in [4.69, 9.17) is 9.47 Å². The lowest BCUT2D eigenvalue weighted by atomic mass is 10.1. The van der Waals surface area contributed by atoms with Crippen molar-refractivity contribution in [2.45, 2.75) is 4.90 Å². The Balaban J connectivity index is 2.14. The van der Waals surface area contributed by atoms with Crippen LogP contribution in [0, 0.1) is 0 Å². The van der Waals surface area contributed by atoms with Crippen molar-refractivity contribution in [2.24, 2.45) is 0 Å². The van der Waals surface area contributed by atoms with E-state index in [1.165, 1.54) is 18.2 Å². The third-order valence-electron chi connectivity index (χ3n) is 3.82. The maximum absolute atomic E-state index is 12.1. The highest BCUT2D eigenvalue weighted by molar-refractivity contribution is 7.90. The van der Waals surface area contributed by atoms with E-state index in [1.54, 1.807) is 18.2 Å². The summed E-state index contributed by atoms with van der Waals surface area (Å²) < 4.78 is 35.0. The fraction of sp³-hybridized carbons (Fsp3) is 0.167. The van der Waals surface area contributed by atoms with Gasteiger partial charge in [0.2, 0.25) is 0 Å². The van der Waals surface area contributed by atoms with Crippen molar-refractivity contribution in [3.05, 3.63) is 48.0 Å². The van der Waals surface area contributed by atoms with E-state index in [9.17, 15) is 18.3 Å². The maximum atomic E-state index is 12.1. The number of nitrogens with one attached hydrogen (secondary N) is 1. The van der Waals surface area contributed by atoms with Crippen LogP contribution >= 0.6 is 0 Å². The standard InChI is InChI=1S/C18H17NO6S/c1-3-11-4-5-17(26(2,22)23)14(8-11)19-13-10-16-15(24-6-7-25-16)9-12(13)18(20)21/h3-5,8-10,19H,1,6-7H2,2H3,(H,20,21). The second-order valence-corrected chi connectivity index (χ2v) is 7.69. The molecule has 1 aliphatic rings. The molecule has 1 aliphatic heterocycles. The van der Waals surface area contributed by atoms with Crippen LogP contribution in [0.25, 0.3) is 6.08 Å². The minimum Gasteiger partial charge on any atom is -0.486 e. The van der Waals surface area contributed by atoms with Crippen molar-refractivity contribution in [3.8, 4) is 11.5 Å². The Kier molecular flexibility index (Phi) is 4.60. The molecule has 1 heterocycles. The number of benzene rings is 2. The summed E-state index contributed by atoms with van der Waals surface area (Å²) in [7, 11) is -3.53. The molecule has 0 aliphatic carbocycles. The summed E-state index contributed by atoms with van der Waals surface area (Å²) in [5.74, 6) is -0.447. The summed E-state index contributed by atoms with van der Waals surface area (Å²) in [5, 5.41) is 12.4. The molecule has 2 aromatic rings. The molecule has 8 heteroatoms. The number of carboxylic acids is 1. The van der Waals surface area contributed by atoms with Crippen LogP contribution in [-0.4, -0.2) is 39.0 Å². The van der Waals surface area contributed by atoms with Gasteiger partial charge in [0, 0.05) is 18.4 Å². The molecular formula is C18H17NO6S. The topological polar surface area (TPSA) is 102 Å². The molecule has 0 fully saturated rings. The lowest BCUT2D eigenvalue weighted by Crippen LogP contribution is -2.16. The number of anilines is 2. The highest BCUT2D eigenvalue weighted by Gasteiger charge is 2.21. The minimum absolute atomic E-state index is 0.0503. The van der Waals surface area contributed by atoms with Gasteiger partial charge in [0.05, 0.1) is 21.8 Å². The molecule has 2 N–H and O–H groups in total. The summed E-state index contributed by atoms with van der Waals surface area (Å²) in [5.41, 5.74) is 1.09. The van der Waals surface area contributed by atoms with E-state index in [1.807, 2.05) is 0 Å². The van der Waals surface area contributed by atoms with Gasteiger partial charge in [0.15, 0.2) is 21.3 Å². The zero-order chi connectivity index (χ0) is 18.9. The number of hydrogen-bond acceptors (Lipinski definition) is 6. The smallest absolute Gasteiger partial charge is 0.337 e. The Morgan fingerprint density at radius 2 is 1.81 bits per heavy atom. The quantitative estimate of drug-likeness (QED) is 0.828. The Morgan fingerprint density at radius 3 is 2.38 bits per heavy atom. The Labute approximate surface area is 150 Å². The molecule has 0 atom stereocenters. The van der Waals surface area contributed by atoms with Crippen molar-refractivity contribution < 1.29 is 27.8 Å². The second-order valence-electron chi connectivity index (χ2n) is 5.70. The van der Waals surface area contributed by atoms with Gasteiger partial charge in [-0.25, -0.2) is 13.2 Å². The van der Waals surface area contributed by atoms with Crippen LogP contribution in [0.2, 0.25) is 0 Å². The van der Waals surface area contributed by atoms with Crippen molar-refractivity contribution >= 4 is 33.3 Å². The molecule has 26 heavy (non-hydrogen) atoms. The molecule has 3 rings (SSSR count). The first-order valence-corrected chi connectivity index (χ1v) is 9.59. The van der Waals surface area contributed by atoms with Crippen LogP contribution in [0.4, 0.5) is 11.4 Å². The van der Waals surface area contributed by atoms with Crippen molar-refractivity contribution in [1.29, 1.82) is 0 Å². The monoisotopic (exact) mass is 375 g/mol.